The highest BCUT2D eigenvalue weighted by Gasteiger charge is 2.28. The van der Waals surface area contributed by atoms with E-state index in [2.05, 4.69) is 5.32 Å². The highest BCUT2D eigenvalue weighted by Crippen LogP contribution is 2.30. The van der Waals surface area contributed by atoms with E-state index in [0.717, 1.165) is 16.8 Å². The number of anilines is 1. The molecule has 0 saturated heterocycles. The molecule has 190 valence electrons. The molecule has 2 atom stereocenters. The zero-order valence-electron chi connectivity index (χ0n) is 20.1. The summed E-state index contributed by atoms with van der Waals surface area (Å²) in [5, 5.41) is 22.6. The van der Waals surface area contributed by atoms with Crippen LogP contribution in [0.3, 0.4) is 0 Å². The SMILES string of the molecule is CCO[C@@H](CC/C=C/C(=O)O)[C@@H](OC(=O)Nc1cccc2ccccc12)c1ccc(OCCO)cc1. The lowest BCUT2D eigenvalue weighted by molar-refractivity contribution is -0.131. The summed E-state index contributed by atoms with van der Waals surface area (Å²) in [6.45, 7) is 2.30. The summed E-state index contributed by atoms with van der Waals surface area (Å²) >= 11 is 0. The molecule has 0 bridgehead atoms. The number of ether oxygens (including phenoxy) is 3. The quantitative estimate of drug-likeness (QED) is 0.276. The Bertz CT molecular complexity index is 1150. The number of benzene rings is 3. The minimum absolute atomic E-state index is 0.0991. The number of nitrogens with one attached hydrogen (secondary N) is 1. The maximum atomic E-state index is 13.0. The number of aliphatic carboxylic acids is 1. The molecule has 36 heavy (non-hydrogen) atoms. The van der Waals surface area contributed by atoms with Gasteiger partial charge in [-0.3, -0.25) is 5.32 Å². The van der Waals surface area contributed by atoms with Crippen molar-refractivity contribution in [2.75, 3.05) is 25.1 Å². The number of hydrogen-bond donors (Lipinski definition) is 3. The lowest BCUT2D eigenvalue weighted by atomic mass is 10.00. The largest absolute Gasteiger partial charge is 0.491 e. The van der Waals surface area contributed by atoms with Gasteiger partial charge in [0.25, 0.3) is 0 Å². The minimum Gasteiger partial charge on any atom is -0.491 e. The number of carboxylic acids is 1. The molecule has 8 nitrogen and oxygen atoms in total. The van der Waals surface area contributed by atoms with E-state index in [1.165, 1.54) is 0 Å². The molecule has 0 radical (unpaired) electrons. The lowest BCUT2D eigenvalue weighted by Crippen LogP contribution is -2.29. The highest BCUT2D eigenvalue weighted by atomic mass is 16.6. The van der Waals surface area contributed by atoms with Crippen LogP contribution in [0.25, 0.3) is 10.8 Å². The van der Waals surface area contributed by atoms with Gasteiger partial charge in [0.2, 0.25) is 0 Å². The molecule has 0 aromatic heterocycles. The molecule has 3 N–H and O–H groups in total. The van der Waals surface area contributed by atoms with Crippen molar-refractivity contribution in [2.24, 2.45) is 0 Å². The van der Waals surface area contributed by atoms with E-state index < -0.39 is 24.3 Å². The summed E-state index contributed by atoms with van der Waals surface area (Å²) < 4.78 is 17.3. The number of allylic oxidation sites excluding steroid dienone is 1. The van der Waals surface area contributed by atoms with Crippen molar-refractivity contribution in [1.82, 2.24) is 0 Å². The van der Waals surface area contributed by atoms with Gasteiger partial charge < -0.3 is 24.4 Å². The van der Waals surface area contributed by atoms with Gasteiger partial charge in [-0.25, -0.2) is 9.59 Å². The molecule has 0 aliphatic heterocycles. The number of hydrogen-bond acceptors (Lipinski definition) is 6. The van der Waals surface area contributed by atoms with Crippen LogP contribution in [0.4, 0.5) is 10.5 Å². The van der Waals surface area contributed by atoms with Crippen LogP contribution in [0, 0.1) is 0 Å². The molecular formula is C28H31NO7. The maximum Gasteiger partial charge on any atom is 0.412 e. The number of rotatable bonds is 13. The Morgan fingerprint density at radius 2 is 1.78 bits per heavy atom. The molecule has 3 rings (SSSR count). The van der Waals surface area contributed by atoms with Crippen molar-refractivity contribution in [3.8, 4) is 5.75 Å². The van der Waals surface area contributed by atoms with Crippen LogP contribution in [-0.2, 0) is 14.3 Å². The first-order valence-electron chi connectivity index (χ1n) is 11.8. The number of carbonyl (C=O) groups is 2. The third-order valence-electron chi connectivity index (χ3n) is 5.43. The van der Waals surface area contributed by atoms with Crippen molar-refractivity contribution in [3.63, 3.8) is 0 Å². The van der Waals surface area contributed by atoms with E-state index in [1.54, 1.807) is 30.3 Å². The Labute approximate surface area is 210 Å². The summed E-state index contributed by atoms with van der Waals surface area (Å²) in [6.07, 6.45) is 1.59. The fourth-order valence-electron chi connectivity index (χ4n) is 3.85. The predicted octanol–water partition coefficient (Wildman–Crippen LogP) is 5.33. The first kappa shape index (κ1) is 26.7. The second-order valence-corrected chi connectivity index (χ2v) is 7.93. The molecule has 0 aliphatic carbocycles. The van der Waals surface area contributed by atoms with Crippen LogP contribution in [0.1, 0.15) is 31.4 Å². The molecule has 1 amide bonds. The van der Waals surface area contributed by atoms with Gasteiger partial charge in [-0.15, -0.1) is 0 Å². The van der Waals surface area contributed by atoms with Crippen LogP contribution < -0.4 is 10.1 Å². The predicted molar refractivity (Wildman–Crippen MR) is 137 cm³/mol. The second-order valence-electron chi connectivity index (χ2n) is 7.93. The van der Waals surface area contributed by atoms with Gasteiger partial charge in [-0.2, -0.15) is 0 Å². The summed E-state index contributed by atoms with van der Waals surface area (Å²) in [5.41, 5.74) is 1.32. The number of aliphatic hydroxyl groups excluding tert-OH is 1. The van der Waals surface area contributed by atoms with Gasteiger partial charge in [0, 0.05) is 18.1 Å². The van der Waals surface area contributed by atoms with Gasteiger partial charge >= 0.3 is 12.1 Å². The smallest absolute Gasteiger partial charge is 0.412 e. The van der Waals surface area contributed by atoms with E-state index in [1.807, 2.05) is 49.4 Å². The first-order valence-corrected chi connectivity index (χ1v) is 11.8. The van der Waals surface area contributed by atoms with Crippen molar-refractivity contribution in [1.29, 1.82) is 0 Å². The molecule has 3 aromatic carbocycles. The first-order chi connectivity index (χ1) is 17.5. The van der Waals surface area contributed by atoms with Crippen LogP contribution in [0.2, 0.25) is 0 Å². The zero-order chi connectivity index (χ0) is 25.8. The van der Waals surface area contributed by atoms with E-state index in [9.17, 15) is 9.59 Å². The number of aliphatic hydroxyl groups is 1. The van der Waals surface area contributed by atoms with Crippen LogP contribution in [0.15, 0.2) is 78.9 Å². The van der Waals surface area contributed by atoms with Gasteiger partial charge in [-0.1, -0.05) is 54.6 Å². The van der Waals surface area contributed by atoms with E-state index in [-0.39, 0.29) is 13.2 Å². The fourth-order valence-corrected chi connectivity index (χ4v) is 3.85. The average molecular weight is 494 g/mol. The summed E-state index contributed by atoms with van der Waals surface area (Å²) in [5.74, 6) is -0.451. The van der Waals surface area contributed by atoms with Crippen LogP contribution in [-0.4, -0.2) is 48.2 Å². The Morgan fingerprint density at radius 3 is 2.50 bits per heavy atom. The van der Waals surface area contributed by atoms with Gasteiger partial charge in [0.1, 0.15) is 12.4 Å². The van der Waals surface area contributed by atoms with Crippen molar-refractivity contribution in [3.05, 3.63) is 84.4 Å². The van der Waals surface area contributed by atoms with Gasteiger partial charge in [0.05, 0.1) is 18.4 Å². The second kappa shape index (κ2) is 13.9. The Kier molecular flexibility index (Phi) is 10.3. The monoisotopic (exact) mass is 493 g/mol. The topological polar surface area (TPSA) is 114 Å². The molecule has 0 heterocycles. The van der Waals surface area contributed by atoms with Crippen LogP contribution >= 0.6 is 0 Å². The minimum atomic E-state index is -1.02. The average Bonchev–Trinajstić information content (AvgIpc) is 2.88. The van der Waals surface area contributed by atoms with Crippen molar-refractivity contribution in [2.45, 2.75) is 32.0 Å². The Hall–Kier alpha value is -3.88. The lowest BCUT2D eigenvalue weighted by Gasteiger charge is -2.27. The van der Waals surface area contributed by atoms with E-state index in [4.69, 9.17) is 24.4 Å². The Balaban J connectivity index is 1.83. The third kappa shape index (κ3) is 7.83. The van der Waals surface area contributed by atoms with E-state index >= 15 is 0 Å². The fraction of sp³-hybridized carbons (Fsp3) is 0.286. The number of carboxylic acid groups (broad SMARTS) is 1. The molecule has 3 aromatic rings. The molecule has 0 spiro atoms. The normalized spacial score (nSPS) is 12.8. The third-order valence-corrected chi connectivity index (χ3v) is 5.43. The summed E-state index contributed by atoms with van der Waals surface area (Å²) in [4.78, 5) is 23.9. The molecule has 0 fully saturated rings. The standard InChI is InChI=1S/C28H31NO7/c1-2-34-25(12-5-6-13-26(31)32)27(21-14-16-22(17-15-21)35-19-18-30)36-28(33)29-24-11-7-9-20-8-3-4-10-23(20)24/h3-4,6-11,13-17,25,27,30H,2,5,12,18-19H2,1H3,(H,29,33)(H,31,32)/b13-6+/t25-,27-/m0/s1. The van der Waals surface area contributed by atoms with Crippen molar-refractivity contribution < 1.29 is 34.0 Å². The number of amides is 1. The van der Waals surface area contributed by atoms with Crippen molar-refractivity contribution >= 4 is 28.5 Å². The van der Waals surface area contributed by atoms with Crippen LogP contribution in [0.5, 0.6) is 5.75 Å². The summed E-state index contributed by atoms with van der Waals surface area (Å²) in [7, 11) is 0. The molecule has 0 unspecified atom stereocenters. The Morgan fingerprint density at radius 1 is 1.03 bits per heavy atom. The number of carbonyl (C=O) groups excluding carboxylic acids is 1. The molecule has 0 saturated carbocycles. The summed E-state index contributed by atoms with van der Waals surface area (Å²) in [6, 6.07) is 20.4. The maximum absolute atomic E-state index is 13.0. The number of fused-ring (bicyclic) bond motifs is 1. The molecular weight excluding hydrogens is 462 g/mol. The molecule has 0 aliphatic rings. The molecule has 8 heteroatoms. The van der Waals surface area contributed by atoms with E-state index in [0.29, 0.717) is 36.4 Å². The van der Waals surface area contributed by atoms with Gasteiger partial charge in [0.15, 0.2) is 6.10 Å². The van der Waals surface area contributed by atoms with Gasteiger partial charge in [-0.05, 0) is 48.9 Å². The zero-order valence-corrected chi connectivity index (χ0v) is 20.1. The highest BCUT2D eigenvalue weighted by molar-refractivity contribution is 6.00.